The summed E-state index contributed by atoms with van der Waals surface area (Å²) in [5.41, 5.74) is -0.826. The number of nitrogens with one attached hydrogen (secondary N) is 1. The number of benzene rings is 2. The van der Waals surface area contributed by atoms with Crippen molar-refractivity contribution in [3.63, 3.8) is 0 Å². The fourth-order valence-corrected chi connectivity index (χ4v) is 2.87. The minimum absolute atomic E-state index is 0.0399. The SMILES string of the molecule is CC(c1n[nH]c(=O)c2cc(F)c(F)cc12)N(C)C(=O)c1cccc(C(F)F)c1. The van der Waals surface area contributed by atoms with Gasteiger partial charge in [0.1, 0.15) is 0 Å². The number of hydrogen-bond acceptors (Lipinski definition) is 3. The Balaban J connectivity index is 2.02. The molecule has 1 amide bonds. The summed E-state index contributed by atoms with van der Waals surface area (Å²) in [5.74, 6) is -2.92. The van der Waals surface area contributed by atoms with Gasteiger partial charge in [0.2, 0.25) is 0 Å². The lowest BCUT2D eigenvalue weighted by molar-refractivity contribution is 0.0739. The molecule has 1 aromatic heterocycles. The number of H-pyrrole nitrogens is 1. The fraction of sp³-hybridized carbons (Fsp3) is 0.211. The first-order valence-electron chi connectivity index (χ1n) is 8.23. The number of carbonyl (C=O) groups is 1. The molecule has 1 heterocycles. The predicted molar refractivity (Wildman–Crippen MR) is 94.2 cm³/mol. The van der Waals surface area contributed by atoms with Crippen LogP contribution in [0, 0.1) is 11.6 Å². The summed E-state index contributed by atoms with van der Waals surface area (Å²) >= 11 is 0. The third-order valence-electron chi connectivity index (χ3n) is 4.54. The molecule has 0 bridgehead atoms. The first-order chi connectivity index (χ1) is 13.2. The molecule has 3 aromatic rings. The van der Waals surface area contributed by atoms with E-state index < -0.39 is 35.6 Å². The van der Waals surface area contributed by atoms with Crippen LogP contribution in [0.1, 0.15) is 41.0 Å². The molecule has 0 radical (unpaired) electrons. The number of nitrogens with zero attached hydrogens (tertiary/aromatic N) is 2. The lowest BCUT2D eigenvalue weighted by atomic mass is 10.0. The van der Waals surface area contributed by atoms with Gasteiger partial charge in [0, 0.05) is 23.6 Å². The zero-order valence-corrected chi connectivity index (χ0v) is 14.8. The Labute approximate surface area is 156 Å². The molecule has 2 aromatic carbocycles. The van der Waals surface area contributed by atoms with Crippen LogP contribution in [0.4, 0.5) is 17.6 Å². The van der Waals surface area contributed by atoms with E-state index in [0.29, 0.717) is 0 Å². The summed E-state index contributed by atoms with van der Waals surface area (Å²) in [6, 6.07) is 5.86. The highest BCUT2D eigenvalue weighted by molar-refractivity contribution is 5.95. The van der Waals surface area contributed by atoms with E-state index in [4.69, 9.17) is 0 Å². The van der Waals surface area contributed by atoms with Gasteiger partial charge in [-0.25, -0.2) is 22.7 Å². The normalized spacial score (nSPS) is 12.4. The van der Waals surface area contributed by atoms with Gasteiger partial charge in [-0.05, 0) is 31.2 Å². The summed E-state index contributed by atoms with van der Waals surface area (Å²) in [5, 5.41) is 6.01. The smallest absolute Gasteiger partial charge is 0.272 e. The molecule has 5 nitrogen and oxygen atoms in total. The summed E-state index contributed by atoms with van der Waals surface area (Å²) in [6.07, 6.45) is -2.72. The number of amides is 1. The number of rotatable bonds is 4. The standard InChI is InChI=1S/C19H15F4N3O2/c1-9(26(2)19(28)11-5-3-4-10(6-11)17(22)23)16-12-7-14(20)15(21)8-13(12)18(27)25-24-16/h3-9,17H,1-2H3,(H,25,27). The van der Waals surface area contributed by atoms with Crippen molar-refractivity contribution in [1.29, 1.82) is 0 Å². The molecule has 3 rings (SSSR count). The maximum atomic E-state index is 13.7. The molecular formula is C19H15F4N3O2. The fourth-order valence-electron chi connectivity index (χ4n) is 2.87. The third kappa shape index (κ3) is 3.47. The highest BCUT2D eigenvalue weighted by Gasteiger charge is 2.24. The number of carbonyl (C=O) groups excluding carboxylic acids is 1. The lowest BCUT2D eigenvalue weighted by Gasteiger charge is -2.25. The average molecular weight is 393 g/mol. The van der Waals surface area contributed by atoms with Gasteiger partial charge >= 0.3 is 0 Å². The van der Waals surface area contributed by atoms with Crippen LogP contribution >= 0.6 is 0 Å². The second kappa shape index (κ2) is 7.41. The Kier molecular flexibility index (Phi) is 5.17. The minimum Gasteiger partial charge on any atom is -0.333 e. The molecule has 9 heteroatoms. The van der Waals surface area contributed by atoms with Gasteiger partial charge in [-0.15, -0.1) is 0 Å². The van der Waals surface area contributed by atoms with Crippen molar-refractivity contribution in [3.05, 3.63) is 75.2 Å². The van der Waals surface area contributed by atoms with E-state index in [1.165, 1.54) is 30.1 Å². The monoisotopic (exact) mass is 393 g/mol. The van der Waals surface area contributed by atoms with E-state index in [0.717, 1.165) is 18.2 Å². The summed E-state index contributed by atoms with van der Waals surface area (Å²) in [6.45, 7) is 1.57. The van der Waals surface area contributed by atoms with Crippen molar-refractivity contribution < 1.29 is 22.4 Å². The van der Waals surface area contributed by atoms with Crippen molar-refractivity contribution in [2.75, 3.05) is 7.05 Å². The summed E-state index contributed by atoms with van der Waals surface area (Å²) in [7, 11) is 1.42. The zero-order chi connectivity index (χ0) is 20.6. The largest absolute Gasteiger partial charge is 0.333 e. The number of alkyl halides is 2. The Morgan fingerprint density at radius 1 is 1.11 bits per heavy atom. The van der Waals surface area contributed by atoms with E-state index in [1.807, 2.05) is 0 Å². The first kappa shape index (κ1) is 19.5. The van der Waals surface area contributed by atoms with Crippen LogP contribution in [0.2, 0.25) is 0 Å². The molecule has 146 valence electrons. The van der Waals surface area contributed by atoms with Crippen LogP contribution < -0.4 is 5.56 Å². The zero-order valence-electron chi connectivity index (χ0n) is 14.8. The van der Waals surface area contributed by atoms with Crippen molar-refractivity contribution in [3.8, 4) is 0 Å². The molecule has 0 aliphatic heterocycles. The molecule has 1 N–H and O–H groups in total. The number of halogens is 4. The minimum atomic E-state index is -2.72. The van der Waals surface area contributed by atoms with Crippen LogP contribution in [0.5, 0.6) is 0 Å². The van der Waals surface area contributed by atoms with Crippen molar-refractivity contribution in [2.45, 2.75) is 19.4 Å². The Morgan fingerprint density at radius 3 is 2.39 bits per heavy atom. The second-order valence-electron chi connectivity index (χ2n) is 6.27. The highest BCUT2D eigenvalue weighted by atomic mass is 19.3. The summed E-state index contributed by atoms with van der Waals surface area (Å²) < 4.78 is 53.0. The molecule has 0 aliphatic carbocycles. The number of fused-ring (bicyclic) bond motifs is 1. The molecule has 28 heavy (non-hydrogen) atoms. The van der Waals surface area contributed by atoms with Crippen LogP contribution in [0.25, 0.3) is 10.8 Å². The quantitative estimate of drug-likeness (QED) is 0.682. The molecule has 1 unspecified atom stereocenters. The molecular weight excluding hydrogens is 378 g/mol. The second-order valence-corrected chi connectivity index (χ2v) is 6.27. The van der Waals surface area contributed by atoms with Gasteiger partial charge in [-0.1, -0.05) is 12.1 Å². The first-order valence-corrected chi connectivity index (χ1v) is 8.23. The van der Waals surface area contributed by atoms with Crippen LogP contribution in [0.15, 0.2) is 41.2 Å². The van der Waals surface area contributed by atoms with Crippen LogP contribution in [0.3, 0.4) is 0 Å². The van der Waals surface area contributed by atoms with Crippen molar-refractivity contribution >= 4 is 16.7 Å². The van der Waals surface area contributed by atoms with Crippen molar-refractivity contribution in [1.82, 2.24) is 15.1 Å². The maximum Gasteiger partial charge on any atom is 0.272 e. The predicted octanol–water partition coefficient (Wildman–Crippen LogP) is 3.97. The number of aromatic amines is 1. The number of hydrogen-bond donors (Lipinski definition) is 1. The van der Waals surface area contributed by atoms with E-state index in [1.54, 1.807) is 6.92 Å². The summed E-state index contributed by atoms with van der Waals surface area (Å²) in [4.78, 5) is 25.8. The average Bonchev–Trinajstić information content (AvgIpc) is 2.68. The Hall–Kier alpha value is -3.23. The van der Waals surface area contributed by atoms with Gasteiger partial charge in [-0.3, -0.25) is 9.59 Å². The molecule has 0 saturated carbocycles. The molecule has 0 fully saturated rings. The van der Waals surface area contributed by atoms with Gasteiger partial charge in [0.05, 0.1) is 17.1 Å². The van der Waals surface area contributed by atoms with E-state index in [2.05, 4.69) is 10.2 Å². The van der Waals surface area contributed by atoms with E-state index in [9.17, 15) is 27.2 Å². The Morgan fingerprint density at radius 2 is 1.75 bits per heavy atom. The van der Waals surface area contributed by atoms with Gasteiger partial charge in [-0.2, -0.15) is 5.10 Å². The topological polar surface area (TPSA) is 66.1 Å². The lowest BCUT2D eigenvalue weighted by Crippen LogP contribution is -2.31. The maximum absolute atomic E-state index is 13.7. The Bertz CT molecular complexity index is 1110. The van der Waals surface area contributed by atoms with Crippen LogP contribution in [-0.2, 0) is 0 Å². The van der Waals surface area contributed by atoms with Gasteiger partial charge < -0.3 is 4.90 Å². The van der Waals surface area contributed by atoms with Crippen LogP contribution in [-0.4, -0.2) is 28.1 Å². The van der Waals surface area contributed by atoms with E-state index >= 15 is 0 Å². The highest BCUT2D eigenvalue weighted by Crippen LogP contribution is 2.27. The van der Waals surface area contributed by atoms with E-state index in [-0.39, 0.29) is 27.6 Å². The van der Waals surface area contributed by atoms with Crippen molar-refractivity contribution in [2.24, 2.45) is 0 Å². The molecule has 1 atom stereocenters. The number of aromatic nitrogens is 2. The third-order valence-corrected chi connectivity index (χ3v) is 4.54. The molecule has 0 aliphatic rings. The van der Waals surface area contributed by atoms with Gasteiger partial charge in [0.15, 0.2) is 11.6 Å². The molecule has 0 spiro atoms. The van der Waals surface area contributed by atoms with Gasteiger partial charge in [0.25, 0.3) is 17.9 Å². The molecule has 0 saturated heterocycles.